The number of esters is 1. The van der Waals surface area contributed by atoms with E-state index in [-0.39, 0.29) is 11.9 Å². The van der Waals surface area contributed by atoms with Gasteiger partial charge in [-0.25, -0.2) is 0 Å². The molecule has 0 aliphatic carbocycles. The van der Waals surface area contributed by atoms with Crippen molar-refractivity contribution >= 4 is 5.97 Å². The lowest BCUT2D eigenvalue weighted by Crippen LogP contribution is -2.47. The molecule has 2 rings (SSSR count). The Morgan fingerprint density at radius 3 is 3.15 bits per heavy atom. The summed E-state index contributed by atoms with van der Waals surface area (Å²) >= 11 is 0. The Labute approximate surface area is 78.8 Å². The maximum Gasteiger partial charge on any atom is 0.310 e. The van der Waals surface area contributed by atoms with E-state index in [1.54, 1.807) is 0 Å². The van der Waals surface area contributed by atoms with E-state index in [1.807, 2.05) is 0 Å². The third-order valence-corrected chi connectivity index (χ3v) is 3.11. The summed E-state index contributed by atoms with van der Waals surface area (Å²) in [6.07, 6.45) is 4.58. The van der Waals surface area contributed by atoms with Crippen molar-refractivity contribution in [3.05, 3.63) is 0 Å². The van der Waals surface area contributed by atoms with Gasteiger partial charge in [0.25, 0.3) is 0 Å². The number of carbonyl (C=O) groups excluding carboxylic acids is 1. The summed E-state index contributed by atoms with van der Waals surface area (Å²) in [5, 5.41) is 3.50. The Hall–Kier alpha value is -0.570. The highest BCUT2D eigenvalue weighted by Crippen LogP contribution is 2.27. The highest BCUT2D eigenvalue weighted by Gasteiger charge is 2.40. The van der Waals surface area contributed by atoms with Crippen molar-refractivity contribution < 1.29 is 9.53 Å². The Bertz CT molecular complexity index is 205. The van der Waals surface area contributed by atoms with Crippen molar-refractivity contribution in [2.75, 3.05) is 6.61 Å². The van der Waals surface area contributed by atoms with Crippen molar-refractivity contribution in [2.45, 2.75) is 44.7 Å². The molecule has 0 radical (unpaired) electrons. The number of ether oxygens (including phenoxy) is 1. The molecule has 2 fully saturated rings. The topological polar surface area (TPSA) is 38.3 Å². The third kappa shape index (κ3) is 1.70. The second kappa shape index (κ2) is 3.66. The molecule has 0 spiro atoms. The number of carbonyl (C=O) groups is 1. The highest BCUT2D eigenvalue weighted by atomic mass is 16.5. The van der Waals surface area contributed by atoms with Crippen LogP contribution in [0.2, 0.25) is 0 Å². The fourth-order valence-corrected chi connectivity index (χ4v) is 2.39. The first-order chi connectivity index (χ1) is 6.31. The minimum Gasteiger partial charge on any atom is -0.464 e. The molecule has 2 aliphatic rings. The lowest BCUT2D eigenvalue weighted by molar-refractivity contribution is -0.141. The largest absolute Gasteiger partial charge is 0.464 e. The van der Waals surface area contributed by atoms with E-state index >= 15 is 0 Å². The number of piperidine rings is 1. The van der Waals surface area contributed by atoms with Gasteiger partial charge in [-0.1, -0.05) is 13.3 Å². The van der Waals surface area contributed by atoms with Gasteiger partial charge < -0.3 is 10.1 Å². The van der Waals surface area contributed by atoms with Crippen LogP contribution in [-0.2, 0) is 9.53 Å². The normalized spacial score (nSPS) is 38.5. The van der Waals surface area contributed by atoms with E-state index in [0.29, 0.717) is 18.7 Å². The fraction of sp³-hybridized carbons (Fsp3) is 0.900. The molecule has 1 N–H and O–H groups in total. The van der Waals surface area contributed by atoms with E-state index in [4.69, 9.17) is 4.74 Å². The second-order valence-electron chi connectivity index (χ2n) is 4.07. The average Bonchev–Trinajstić information content (AvgIpc) is 2.48. The number of nitrogens with one attached hydrogen (secondary N) is 1. The molecule has 0 aromatic carbocycles. The molecule has 13 heavy (non-hydrogen) atoms. The minimum atomic E-state index is 0.00690. The van der Waals surface area contributed by atoms with Crippen molar-refractivity contribution in [3.8, 4) is 0 Å². The lowest BCUT2D eigenvalue weighted by atomic mass is 9.88. The number of fused-ring (bicyclic) bond motifs is 1. The summed E-state index contributed by atoms with van der Waals surface area (Å²) in [6.45, 7) is 2.79. The molecule has 0 amide bonds. The first kappa shape index (κ1) is 9.00. The second-order valence-corrected chi connectivity index (χ2v) is 4.07. The van der Waals surface area contributed by atoms with Crippen LogP contribution in [0.1, 0.15) is 32.6 Å². The summed E-state index contributed by atoms with van der Waals surface area (Å²) in [5.74, 6) is 0.153. The van der Waals surface area contributed by atoms with Gasteiger partial charge in [0.2, 0.25) is 0 Å². The molecule has 2 aliphatic heterocycles. The van der Waals surface area contributed by atoms with Gasteiger partial charge in [-0.2, -0.15) is 0 Å². The Kier molecular flexibility index (Phi) is 2.54. The molecule has 3 nitrogen and oxygen atoms in total. The first-order valence-corrected chi connectivity index (χ1v) is 5.24. The first-order valence-electron chi connectivity index (χ1n) is 5.24. The average molecular weight is 183 g/mol. The Morgan fingerprint density at radius 1 is 1.54 bits per heavy atom. The minimum absolute atomic E-state index is 0.00690. The van der Waals surface area contributed by atoms with Crippen LogP contribution >= 0.6 is 0 Å². The summed E-state index contributed by atoms with van der Waals surface area (Å²) in [5.41, 5.74) is 0. The number of hydrogen-bond acceptors (Lipinski definition) is 3. The summed E-state index contributed by atoms with van der Waals surface area (Å²) in [7, 11) is 0. The molecule has 0 aromatic rings. The molecule has 74 valence electrons. The van der Waals surface area contributed by atoms with E-state index in [0.717, 1.165) is 12.8 Å². The molecule has 0 bridgehead atoms. The van der Waals surface area contributed by atoms with Crippen LogP contribution in [0.15, 0.2) is 0 Å². The van der Waals surface area contributed by atoms with Crippen molar-refractivity contribution in [1.29, 1.82) is 0 Å². The van der Waals surface area contributed by atoms with E-state index < -0.39 is 0 Å². The van der Waals surface area contributed by atoms with Gasteiger partial charge >= 0.3 is 5.97 Å². The zero-order valence-corrected chi connectivity index (χ0v) is 8.08. The fourth-order valence-electron chi connectivity index (χ4n) is 2.39. The highest BCUT2D eigenvalue weighted by molar-refractivity contribution is 5.75. The van der Waals surface area contributed by atoms with Gasteiger partial charge in [0.05, 0.1) is 12.0 Å². The molecular weight excluding hydrogens is 166 g/mol. The van der Waals surface area contributed by atoms with Crippen molar-refractivity contribution in [3.63, 3.8) is 0 Å². The van der Waals surface area contributed by atoms with E-state index in [2.05, 4.69) is 12.2 Å². The zero-order valence-electron chi connectivity index (χ0n) is 8.08. The molecule has 0 saturated carbocycles. The van der Waals surface area contributed by atoms with Gasteiger partial charge in [0, 0.05) is 6.04 Å². The van der Waals surface area contributed by atoms with Gasteiger partial charge in [-0.05, 0) is 19.3 Å². The molecule has 3 unspecified atom stereocenters. The zero-order chi connectivity index (χ0) is 9.26. The molecule has 3 atom stereocenters. The summed E-state index contributed by atoms with van der Waals surface area (Å²) in [4.78, 5) is 11.2. The van der Waals surface area contributed by atoms with Crippen molar-refractivity contribution in [1.82, 2.24) is 5.32 Å². The number of rotatable bonds is 2. The van der Waals surface area contributed by atoms with Crippen LogP contribution in [0.25, 0.3) is 0 Å². The standard InChI is InChI=1S/C10H17NO2/c1-2-3-7-4-5-8-9(11-7)6-13-10(8)12/h7-9,11H,2-6H2,1H3. The maximum atomic E-state index is 11.2. The van der Waals surface area contributed by atoms with Crippen LogP contribution < -0.4 is 5.32 Å². The van der Waals surface area contributed by atoms with E-state index in [9.17, 15) is 4.79 Å². The van der Waals surface area contributed by atoms with Crippen LogP contribution in [0.3, 0.4) is 0 Å². The van der Waals surface area contributed by atoms with Crippen LogP contribution in [0.5, 0.6) is 0 Å². The maximum absolute atomic E-state index is 11.2. The summed E-state index contributed by atoms with van der Waals surface area (Å²) < 4.78 is 5.02. The molecule has 0 aromatic heterocycles. The lowest BCUT2D eigenvalue weighted by Gasteiger charge is -2.30. The summed E-state index contributed by atoms with van der Waals surface area (Å²) in [6, 6.07) is 0.915. The number of hydrogen-bond donors (Lipinski definition) is 1. The molecular formula is C10H17NO2. The van der Waals surface area contributed by atoms with Gasteiger partial charge in [-0.15, -0.1) is 0 Å². The van der Waals surface area contributed by atoms with E-state index in [1.165, 1.54) is 12.8 Å². The monoisotopic (exact) mass is 183 g/mol. The molecule has 2 saturated heterocycles. The van der Waals surface area contributed by atoms with Gasteiger partial charge in [-0.3, -0.25) is 4.79 Å². The van der Waals surface area contributed by atoms with Crippen LogP contribution in [0, 0.1) is 5.92 Å². The third-order valence-electron chi connectivity index (χ3n) is 3.11. The van der Waals surface area contributed by atoms with Gasteiger partial charge in [0.15, 0.2) is 0 Å². The molecule has 2 heterocycles. The quantitative estimate of drug-likeness (QED) is 0.651. The Balaban J connectivity index is 1.91. The molecule has 3 heteroatoms. The van der Waals surface area contributed by atoms with Gasteiger partial charge in [0.1, 0.15) is 6.61 Å². The van der Waals surface area contributed by atoms with Crippen molar-refractivity contribution in [2.24, 2.45) is 5.92 Å². The predicted molar refractivity (Wildman–Crippen MR) is 49.3 cm³/mol. The SMILES string of the molecule is CCCC1CCC2C(=O)OCC2N1. The Morgan fingerprint density at radius 2 is 2.38 bits per heavy atom. The van der Waals surface area contributed by atoms with Crippen LogP contribution in [-0.4, -0.2) is 24.7 Å². The van der Waals surface area contributed by atoms with Crippen LogP contribution in [0.4, 0.5) is 0 Å². The smallest absolute Gasteiger partial charge is 0.310 e. The predicted octanol–water partition coefficient (Wildman–Crippen LogP) is 1.08. The number of cyclic esters (lactones) is 1.